The standard InChI is InChI=1S/C13H17FN2O2/c1-8-4-3-5-10(14)12(8)16-13(17)9-6-18-7-11(9)15-2/h3-5,9,11,15H,6-7H2,1-2H3,(H,16,17). The molecule has 0 aliphatic carbocycles. The molecule has 0 aromatic heterocycles. The molecule has 1 aromatic carbocycles. The van der Waals surface area contributed by atoms with Gasteiger partial charge in [-0.15, -0.1) is 0 Å². The number of hydrogen-bond donors (Lipinski definition) is 2. The minimum absolute atomic E-state index is 0.0166. The molecule has 1 saturated heterocycles. The number of carbonyl (C=O) groups is 1. The predicted octanol–water partition coefficient (Wildman–Crippen LogP) is 1.31. The molecule has 1 aromatic rings. The number of carbonyl (C=O) groups excluding carboxylic acids is 1. The predicted molar refractivity (Wildman–Crippen MR) is 66.9 cm³/mol. The quantitative estimate of drug-likeness (QED) is 0.852. The summed E-state index contributed by atoms with van der Waals surface area (Å²) in [6.45, 7) is 2.63. The molecule has 1 aliphatic heterocycles. The van der Waals surface area contributed by atoms with Crippen LogP contribution in [0.1, 0.15) is 5.56 Å². The molecule has 1 aliphatic rings. The van der Waals surface area contributed by atoms with Crippen molar-refractivity contribution in [2.75, 3.05) is 25.6 Å². The van der Waals surface area contributed by atoms with Crippen molar-refractivity contribution in [3.05, 3.63) is 29.6 Å². The second-order valence-electron chi connectivity index (χ2n) is 4.46. The van der Waals surface area contributed by atoms with Gasteiger partial charge in [-0.25, -0.2) is 4.39 Å². The van der Waals surface area contributed by atoms with E-state index in [0.29, 0.717) is 18.8 Å². The van der Waals surface area contributed by atoms with Crippen molar-refractivity contribution in [3.63, 3.8) is 0 Å². The summed E-state index contributed by atoms with van der Waals surface area (Å²) in [4.78, 5) is 12.1. The fourth-order valence-electron chi connectivity index (χ4n) is 2.10. The highest BCUT2D eigenvalue weighted by Crippen LogP contribution is 2.21. The first kappa shape index (κ1) is 13.0. The van der Waals surface area contributed by atoms with E-state index in [4.69, 9.17) is 4.74 Å². The van der Waals surface area contributed by atoms with Crippen LogP contribution in [-0.2, 0) is 9.53 Å². The summed E-state index contributed by atoms with van der Waals surface area (Å²) in [6.07, 6.45) is 0. The maximum Gasteiger partial charge on any atom is 0.231 e. The van der Waals surface area contributed by atoms with Gasteiger partial charge in [-0.2, -0.15) is 0 Å². The first-order chi connectivity index (χ1) is 8.63. The van der Waals surface area contributed by atoms with Gasteiger partial charge in [0.25, 0.3) is 0 Å². The van der Waals surface area contributed by atoms with Crippen molar-refractivity contribution in [3.8, 4) is 0 Å². The molecule has 0 spiro atoms. The second kappa shape index (κ2) is 5.46. The molecule has 1 fully saturated rings. The Morgan fingerprint density at radius 2 is 2.22 bits per heavy atom. The van der Waals surface area contributed by atoms with Crippen LogP contribution >= 0.6 is 0 Å². The molecule has 18 heavy (non-hydrogen) atoms. The molecule has 5 heteroatoms. The first-order valence-electron chi connectivity index (χ1n) is 5.94. The fraction of sp³-hybridized carbons (Fsp3) is 0.462. The zero-order valence-electron chi connectivity index (χ0n) is 10.5. The molecular weight excluding hydrogens is 235 g/mol. The van der Waals surface area contributed by atoms with E-state index in [0.717, 1.165) is 0 Å². The van der Waals surface area contributed by atoms with Crippen LogP contribution in [-0.4, -0.2) is 32.2 Å². The number of amides is 1. The monoisotopic (exact) mass is 252 g/mol. The molecule has 2 atom stereocenters. The van der Waals surface area contributed by atoms with Gasteiger partial charge < -0.3 is 15.4 Å². The van der Waals surface area contributed by atoms with E-state index in [-0.39, 0.29) is 23.6 Å². The number of benzene rings is 1. The molecule has 98 valence electrons. The Kier molecular flexibility index (Phi) is 3.93. The van der Waals surface area contributed by atoms with Crippen molar-refractivity contribution < 1.29 is 13.9 Å². The molecular formula is C13H17FN2O2. The molecule has 2 rings (SSSR count). The zero-order chi connectivity index (χ0) is 13.1. The van der Waals surface area contributed by atoms with Gasteiger partial charge in [0.05, 0.1) is 24.8 Å². The lowest BCUT2D eigenvalue weighted by atomic mass is 10.0. The van der Waals surface area contributed by atoms with Crippen LogP contribution in [0.4, 0.5) is 10.1 Å². The number of aryl methyl sites for hydroxylation is 1. The number of rotatable bonds is 3. The summed E-state index contributed by atoms with van der Waals surface area (Å²) in [7, 11) is 1.79. The summed E-state index contributed by atoms with van der Waals surface area (Å²) in [5.74, 6) is -0.905. The SMILES string of the molecule is CNC1COCC1C(=O)Nc1c(C)cccc1F. The van der Waals surface area contributed by atoms with Crippen LogP contribution in [0.15, 0.2) is 18.2 Å². The number of anilines is 1. The number of likely N-dealkylation sites (N-methyl/N-ethyl adjacent to an activating group) is 1. The Morgan fingerprint density at radius 1 is 1.44 bits per heavy atom. The summed E-state index contributed by atoms with van der Waals surface area (Å²) in [5.41, 5.74) is 0.965. The van der Waals surface area contributed by atoms with Crippen LogP contribution in [0.5, 0.6) is 0 Å². The third-order valence-electron chi connectivity index (χ3n) is 3.26. The molecule has 0 radical (unpaired) electrons. The highest BCUT2D eigenvalue weighted by Gasteiger charge is 2.33. The largest absolute Gasteiger partial charge is 0.379 e. The van der Waals surface area contributed by atoms with E-state index in [1.54, 1.807) is 26.1 Å². The lowest BCUT2D eigenvalue weighted by molar-refractivity contribution is -0.120. The van der Waals surface area contributed by atoms with Crippen molar-refractivity contribution in [2.45, 2.75) is 13.0 Å². The van der Waals surface area contributed by atoms with Crippen molar-refractivity contribution >= 4 is 11.6 Å². The van der Waals surface area contributed by atoms with Crippen LogP contribution in [0.25, 0.3) is 0 Å². The van der Waals surface area contributed by atoms with Gasteiger partial charge in [0, 0.05) is 6.04 Å². The van der Waals surface area contributed by atoms with Crippen LogP contribution < -0.4 is 10.6 Å². The van der Waals surface area contributed by atoms with E-state index >= 15 is 0 Å². The first-order valence-corrected chi connectivity index (χ1v) is 5.94. The molecule has 2 unspecified atom stereocenters. The molecule has 0 saturated carbocycles. The summed E-state index contributed by atoms with van der Waals surface area (Å²) in [5, 5.41) is 5.68. The van der Waals surface area contributed by atoms with Gasteiger partial charge in [0.2, 0.25) is 5.91 Å². The Labute approximate surface area is 106 Å². The molecule has 2 N–H and O–H groups in total. The van der Waals surface area contributed by atoms with Gasteiger partial charge in [-0.1, -0.05) is 12.1 Å². The average molecular weight is 252 g/mol. The number of ether oxygens (including phenoxy) is 1. The molecule has 4 nitrogen and oxygen atoms in total. The van der Waals surface area contributed by atoms with E-state index < -0.39 is 5.82 Å². The van der Waals surface area contributed by atoms with Crippen molar-refractivity contribution in [1.29, 1.82) is 0 Å². The normalized spacial score (nSPS) is 23.1. The van der Waals surface area contributed by atoms with Crippen LogP contribution in [0.3, 0.4) is 0 Å². The number of nitrogens with one attached hydrogen (secondary N) is 2. The second-order valence-corrected chi connectivity index (χ2v) is 4.46. The lowest BCUT2D eigenvalue weighted by Gasteiger charge is -2.17. The Hall–Kier alpha value is -1.46. The Balaban J connectivity index is 2.12. The van der Waals surface area contributed by atoms with Gasteiger partial charge in [-0.05, 0) is 25.6 Å². The molecule has 0 bridgehead atoms. The summed E-state index contributed by atoms with van der Waals surface area (Å²) in [6, 6.07) is 4.70. The summed E-state index contributed by atoms with van der Waals surface area (Å²) < 4.78 is 18.9. The highest BCUT2D eigenvalue weighted by atomic mass is 19.1. The zero-order valence-corrected chi connectivity index (χ0v) is 10.5. The third-order valence-corrected chi connectivity index (χ3v) is 3.26. The topological polar surface area (TPSA) is 50.4 Å². The molecule has 1 amide bonds. The molecule has 1 heterocycles. The Morgan fingerprint density at radius 3 is 2.89 bits per heavy atom. The summed E-state index contributed by atoms with van der Waals surface area (Å²) >= 11 is 0. The van der Waals surface area contributed by atoms with E-state index in [1.165, 1.54) is 6.07 Å². The Bertz CT molecular complexity index is 430. The fourth-order valence-corrected chi connectivity index (χ4v) is 2.10. The minimum atomic E-state index is -0.414. The van der Waals surface area contributed by atoms with Crippen LogP contribution in [0, 0.1) is 18.7 Å². The van der Waals surface area contributed by atoms with Gasteiger partial charge in [0.1, 0.15) is 5.82 Å². The minimum Gasteiger partial charge on any atom is -0.379 e. The smallest absolute Gasteiger partial charge is 0.231 e. The third kappa shape index (κ3) is 2.52. The van der Waals surface area contributed by atoms with Crippen LogP contribution in [0.2, 0.25) is 0 Å². The number of halogens is 1. The van der Waals surface area contributed by atoms with E-state index in [1.807, 2.05) is 0 Å². The van der Waals surface area contributed by atoms with Gasteiger partial charge >= 0.3 is 0 Å². The van der Waals surface area contributed by atoms with E-state index in [2.05, 4.69) is 10.6 Å². The van der Waals surface area contributed by atoms with Gasteiger partial charge in [-0.3, -0.25) is 4.79 Å². The number of para-hydroxylation sites is 1. The lowest BCUT2D eigenvalue weighted by Crippen LogP contribution is -2.39. The van der Waals surface area contributed by atoms with Gasteiger partial charge in [0.15, 0.2) is 0 Å². The van der Waals surface area contributed by atoms with E-state index in [9.17, 15) is 9.18 Å². The average Bonchev–Trinajstić information content (AvgIpc) is 2.82. The maximum absolute atomic E-state index is 13.6. The number of hydrogen-bond acceptors (Lipinski definition) is 3. The van der Waals surface area contributed by atoms with Crippen molar-refractivity contribution in [1.82, 2.24) is 5.32 Å². The highest BCUT2D eigenvalue weighted by molar-refractivity contribution is 5.94. The maximum atomic E-state index is 13.6. The van der Waals surface area contributed by atoms with Crippen molar-refractivity contribution in [2.24, 2.45) is 5.92 Å².